The average molecular weight is 306 g/mol. The number of para-hydroxylation sites is 2. The van der Waals surface area contributed by atoms with Crippen molar-refractivity contribution in [2.75, 3.05) is 20.7 Å². The second-order valence-corrected chi connectivity index (χ2v) is 4.92. The molecule has 0 atom stereocenters. The highest BCUT2D eigenvalue weighted by atomic mass is 16.5. The molecule has 0 spiro atoms. The Hall–Kier alpha value is -2.57. The summed E-state index contributed by atoms with van der Waals surface area (Å²) in [7, 11) is 2.96. The summed E-state index contributed by atoms with van der Waals surface area (Å²) in [5.41, 5.74) is 1.04. The van der Waals surface area contributed by atoms with Gasteiger partial charge in [-0.3, -0.25) is 14.2 Å². The minimum atomic E-state index is -0.558. The number of hydrogen-bond donors (Lipinski definition) is 0. The standard InChI is InChI=1S/C15H18N2O5/c1-16(9-5-8-14(19)21-2)13(18)10-17-11-6-3-4-7-12(11)22-15(17)20/h3-4,6-7H,5,8-10H2,1-2H3. The zero-order chi connectivity index (χ0) is 16.1. The maximum absolute atomic E-state index is 12.2. The number of carbonyl (C=O) groups excluding carboxylic acids is 2. The molecule has 0 saturated heterocycles. The number of benzene rings is 1. The molecule has 0 aliphatic carbocycles. The van der Waals surface area contributed by atoms with Crippen molar-refractivity contribution >= 4 is 23.0 Å². The summed E-state index contributed by atoms with van der Waals surface area (Å²) in [6.45, 7) is 0.322. The van der Waals surface area contributed by atoms with Crippen molar-refractivity contribution in [3.05, 3.63) is 34.8 Å². The number of hydrogen-bond acceptors (Lipinski definition) is 5. The fourth-order valence-electron chi connectivity index (χ4n) is 2.11. The van der Waals surface area contributed by atoms with Crippen molar-refractivity contribution in [1.82, 2.24) is 9.47 Å². The number of nitrogens with zero attached hydrogens (tertiary/aromatic N) is 2. The zero-order valence-corrected chi connectivity index (χ0v) is 12.6. The monoisotopic (exact) mass is 306 g/mol. The Kier molecular flexibility index (Phi) is 4.98. The zero-order valence-electron chi connectivity index (χ0n) is 12.6. The fraction of sp³-hybridized carbons (Fsp3) is 0.400. The van der Waals surface area contributed by atoms with E-state index in [0.29, 0.717) is 24.1 Å². The van der Waals surface area contributed by atoms with E-state index in [1.807, 2.05) is 0 Å². The van der Waals surface area contributed by atoms with E-state index < -0.39 is 5.76 Å². The summed E-state index contributed by atoms with van der Waals surface area (Å²) in [5, 5.41) is 0. The molecule has 22 heavy (non-hydrogen) atoms. The number of oxazole rings is 1. The van der Waals surface area contributed by atoms with Crippen LogP contribution in [0.1, 0.15) is 12.8 Å². The lowest BCUT2D eigenvalue weighted by Gasteiger charge is -2.16. The van der Waals surface area contributed by atoms with Crippen LogP contribution in [0.4, 0.5) is 0 Å². The van der Waals surface area contributed by atoms with E-state index in [4.69, 9.17) is 4.42 Å². The fourth-order valence-corrected chi connectivity index (χ4v) is 2.11. The summed E-state index contributed by atoms with van der Waals surface area (Å²) in [6.07, 6.45) is 0.763. The van der Waals surface area contributed by atoms with Crippen molar-refractivity contribution in [2.45, 2.75) is 19.4 Å². The normalized spacial score (nSPS) is 10.6. The van der Waals surface area contributed by atoms with E-state index in [0.717, 1.165) is 0 Å². The van der Waals surface area contributed by atoms with Crippen molar-refractivity contribution in [3.8, 4) is 0 Å². The van der Waals surface area contributed by atoms with Crippen LogP contribution in [0.5, 0.6) is 0 Å². The number of ether oxygens (including phenoxy) is 1. The molecule has 0 bridgehead atoms. The maximum atomic E-state index is 12.2. The van der Waals surface area contributed by atoms with Gasteiger partial charge in [-0.15, -0.1) is 0 Å². The first kappa shape index (κ1) is 15.8. The molecule has 2 rings (SSSR count). The molecular formula is C15H18N2O5. The molecule has 0 saturated carbocycles. The van der Waals surface area contributed by atoms with E-state index in [1.54, 1.807) is 31.3 Å². The van der Waals surface area contributed by atoms with Crippen LogP contribution in [0.25, 0.3) is 11.1 Å². The van der Waals surface area contributed by atoms with E-state index in [1.165, 1.54) is 16.6 Å². The van der Waals surface area contributed by atoms with Gasteiger partial charge < -0.3 is 14.1 Å². The van der Waals surface area contributed by atoms with Gasteiger partial charge in [-0.2, -0.15) is 0 Å². The van der Waals surface area contributed by atoms with Gasteiger partial charge >= 0.3 is 11.7 Å². The smallest absolute Gasteiger partial charge is 0.420 e. The van der Waals surface area contributed by atoms with E-state index in [-0.39, 0.29) is 24.8 Å². The summed E-state index contributed by atoms with van der Waals surface area (Å²) in [5.74, 6) is -1.09. The Morgan fingerprint density at radius 2 is 2.05 bits per heavy atom. The van der Waals surface area contributed by atoms with Crippen LogP contribution in [0.3, 0.4) is 0 Å². The molecule has 0 aliphatic heterocycles. The number of esters is 1. The van der Waals surface area contributed by atoms with Crippen molar-refractivity contribution < 1.29 is 18.7 Å². The molecule has 1 amide bonds. The van der Waals surface area contributed by atoms with Crippen LogP contribution in [0.15, 0.2) is 33.5 Å². The molecular weight excluding hydrogens is 288 g/mol. The van der Waals surface area contributed by atoms with Crippen LogP contribution >= 0.6 is 0 Å². The number of methoxy groups -OCH3 is 1. The SMILES string of the molecule is COC(=O)CCCN(C)C(=O)Cn1c(=O)oc2ccccc21. The first-order chi connectivity index (χ1) is 10.5. The molecule has 1 aromatic carbocycles. The van der Waals surface area contributed by atoms with Gasteiger partial charge in [-0.25, -0.2) is 4.79 Å². The van der Waals surface area contributed by atoms with E-state index >= 15 is 0 Å². The second-order valence-electron chi connectivity index (χ2n) is 4.92. The van der Waals surface area contributed by atoms with Gasteiger partial charge in [0.05, 0.1) is 12.6 Å². The largest absolute Gasteiger partial charge is 0.469 e. The molecule has 118 valence electrons. The summed E-state index contributed by atoms with van der Waals surface area (Å²) in [6, 6.07) is 6.94. The summed E-state index contributed by atoms with van der Waals surface area (Å²) in [4.78, 5) is 36.5. The lowest BCUT2D eigenvalue weighted by molar-refractivity contribution is -0.141. The van der Waals surface area contributed by atoms with Crippen molar-refractivity contribution in [1.29, 1.82) is 0 Å². The topological polar surface area (TPSA) is 81.8 Å². The highest BCUT2D eigenvalue weighted by Crippen LogP contribution is 2.11. The molecule has 0 aliphatic rings. The van der Waals surface area contributed by atoms with Gasteiger partial charge in [0, 0.05) is 20.0 Å². The van der Waals surface area contributed by atoms with Crippen molar-refractivity contribution in [2.24, 2.45) is 0 Å². The predicted octanol–water partition coefficient (Wildman–Crippen LogP) is 1.01. The summed E-state index contributed by atoms with van der Waals surface area (Å²) >= 11 is 0. The lowest BCUT2D eigenvalue weighted by atomic mass is 10.3. The van der Waals surface area contributed by atoms with Crippen LogP contribution < -0.4 is 5.76 Å². The molecule has 1 aromatic heterocycles. The Labute approximate surface area is 127 Å². The Balaban J connectivity index is 2.00. The molecule has 2 aromatic rings. The number of rotatable bonds is 6. The quantitative estimate of drug-likeness (QED) is 0.744. The number of aromatic nitrogens is 1. The number of likely N-dealkylation sites (N-methyl/N-ethyl adjacent to an activating group) is 1. The molecule has 0 N–H and O–H groups in total. The Bertz CT molecular complexity index is 731. The van der Waals surface area contributed by atoms with Gasteiger partial charge in [0.2, 0.25) is 5.91 Å². The molecule has 7 nitrogen and oxygen atoms in total. The van der Waals surface area contributed by atoms with Gasteiger partial charge in [0.15, 0.2) is 5.58 Å². The highest BCUT2D eigenvalue weighted by Gasteiger charge is 2.15. The van der Waals surface area contributed by atoms with E-state index in [9.17, 15) is 14.4 Å². The third-order valence-electron chi connectivity index (χ3n) is 3.39. The maximum Gasteiger partial charge on any atom is 0.420 e. The van der Waals surface area contributed by atoms with E-state index in [2.05, 4.69) is 4.74 Å². The number of carbonyl (C=O) groups is 2. The van der Waals surface area contributed by atoms with Crippen molar-refractivity contribution in [3.63, 3.8) is 0 Å². The van der Waals surface area contributed by atoms with Gasteiger partial charge in [-0.05, 0) is 18.6 Å². The second kappa shape index (κ2) is 6.93. The molecule has 0 radical (unpaired) electrons. The third-order valence-corrected chi connectivity index (χ3v) is 3.39. The average Bonchev–Trinajstić information content (AvgIpc) is 2.83. The van der Waals surface area contributed by atoms with Crippen LogP contribution in [0.2, 0.25) is 0 Å². The lowest BCUT2D eigenvalue weighted by Crippen LogP contribution is -2.33. The predicted molar refractivity (Wildman–Crippen MR) is 79.4 cm³/mol. The highest BCUT2D eigenvalue weighted by molar-refractivity contribution is 5.79. The minimum absolute atomic E-state index is 0.0927. The van der Waals surface area contributed by atoms with Gasteiger partial charge in [0.25, 0.3) is 0 Å². The summed E-state index contributed by atoms with van der Waals surface area (Å²) < 4.78 is 10.9. The van der Waals surface area contributed by atoms with Gasteiger partial charge in [0.1, 0.15) is 6.54 Å². The third kappa shape index (κ3) is 3.55. The van der Waals surface area contributed by atoms with Crippen LogP contribution in [-0.4, -0.2) is 42.0 Å². The first-order valence-corrected chi connectivity index (χ1v) is 6.92. The molecule has 7 heteroatoms. The van der Waals surface area contributed by atoms with Crippen LogP contribution in [-0.2, 0) is 20.9 Å². The van der Waals surface area contributed by atoms with Gasteiger partial charge in [-0.1, -0.05) is 12.1 Å². The number of amides is 1. The minimum Gasteiger partial charge on any atom is -0.469 e. The van der Waals surface area contributed by atoms with Crippen LogP contribution in [0, 0.1) is 0 Å². The molecule has 0 fully saturated rings. The molecule has 1 heterocycles. The molecule has 0 unspecified atom stereocenters. The number of fused-ring (bicyclic) bond motifs is 1. The Morgan fingerprint density at radius 3 is 2.77 bits per heavy atom. The first-order valence-electron chi connectivity index (χ1n) is 6.92. The Morgan fingerprint density at radius 1 is 1.32 bits per heavy atom.